The second-order valence-electron chi connectivity index (χ2n) is 8.82. The number of fused-ring (bicyclic) bond motifs is 1. The van der Waals surface area contributed by atoms with Gasteiger partial charge < -0.3 is 14.4 Å². The van der Waals surface area contributed by atoms with Crippen LogP contribution in [0, 0.1) is 5.92 Å². The van der Waals surface area contributed by atoms with Crippen LogP contribution in [0.4, 0.5) is 0 Å². The molecule has 3 aliphatic rings. The number of carbonyl (C=O) groups excluding carboxylic acids is 1. The number of carbonyl (C=O) groups is 1. The number of hydrogen-bond donors (Lipinski definition) is 0. The van der Waals surface area contributed by atoms with Crippen LogP contribution in [-0.2, 0) is 29.2 Å². The van der Waals surface area contributed by atoms with E-state index in [4.69, 9.17) is 9.47 Å². The van der Waals surface area contributed by atoms with Crippen molar-refractivity contribution in [3.8, 4) is 5.75 Å². The average Bonchev–Trinajstić information content (AvgIpc) is 3.50. The Labute approximate surface area is 183 Å². The summed E-state index contributed by atoms with van der Waals surface area (Å²) in [6, 6.07) is 7.99. The van der Waals surface area contributed by atoms with Crippen molar-refractivity contribution in [1.29, 1.82) is 0 Å². The van der Waals surface area contributed by atoms with Gasteiger partial charge in [0.25, 0.3) is 0 Å². The van der Waals surface area contributed by atoms with E-state index in [1.807, 2.05) is 28.9 Å². The molecule has 0 N–H and O–H groups in total. The molecule has 2 aromatic rings. The van der Waals surface area contributed by atoms with E-state index < -0.39 is 0 Å². The van der Waals surface area contributed by atoms with Crippen molar-refractivity contribution < 1.29 is 14.3 Å². The minimum absolute atomic E-state index is 0.0295. The van der Waals surface area contributed by atoms with Crippen LogP contribution < -0.4 is 4.74 Å². The molecule has 5 rings (SSSR count). The molecule has 1 atom stereocenters. The zero-order chi connectivity index (χ0) is 21.2. The number of rotatable bonds is 5. The molecule has 1 saturated heterocycles. The fourth-order valence-electron chi connectivity index (χ4n) is 4.97. The minimum Gasteiger partial charge on any atom is -0.497 e. The van der Waals surface area contributed by atoms with E-state index in [1.165, 1.54) is 12.8 Å². The van der Waals surface area contributed by atoms with E-state index in [-0.39, 0.29) is 12.0 Å². The molecule has 1 amide bonds. The fraction of sp³-hybridized carbons (Fsp3) is 0.609. The number of piperazine rings is 1. The molecule has 2 fully saturated rings. The molecule has 0 radical (unpaired) electrons. The number of aromatic nitrogens is 3. The Hall–Kier alpha value is -2.45. The van der Waals surface area contributed by atoms with Gasteiger partial charge in [-0.1, -0.05) is 30.2 Å². The summed E-state index contributed by atoms with van der Waals surface area (Å²) in [5.74, 6) is 1.48. The molecule has 0 bridgehead atoms. The number of hydrogen-bond acceptors (Lipinski definition) is 6. The van der Waals surface area contributed by atoms with Crippen molar-refractivity contribution in [2.45, 2.75) is 51.5 Å². The minimum atomic E-state index is -0.0295. The first-order chi connectivity index (χ1) is 15.2. The molecule has 8 nitrogen and oxygen atoms in total. The SMILES string of the molecule is COc1ccc([C@@H]2Cn3nnc(CN4CCN(C(=O)C5CCCC5)CC4)c3CO2)cc1. The largest absolute Gasteiger partial charge is 0.497 e. The quantitative estimate of drug-likeness (QED) is 0.733. The molecular weight excluding hydrogens is 394 g/mol. The fourth-order valence-corrected chi connectivity index (χ4v) is 4.97. The molecule has 31 heavy (non-hydrogen) atoms. The van der Waals surface area contributed by atoms with E-state index >= 15 is 0 Å². The third-order valence-corrected chi connectivity index (χ3v) is 6.93. The number of nitrogens with zero attached hydrogens (tertiary/aromatic N) is 5. The monoisotopic (exact) mass is 425 g/mol. The summed E-state index contributed by atoms with van der Waals surface area (Å²) < 4.78 is 13.4. The van der Waals surface area contributed by atoms with Gasteiger partial charge in [0.2, 0.25) is 5.91 Å². The van der Waals surface area contributed by atoms with E-state index in [2.05, 4.69) is 20.1 Å². The molecular formula is C23H31N5O3. The highest BCUT2D eigenvalue weighted by Crippen LogP contribution is 2.29. The van der Waals surface area contributed by atoms with Crippen molar-refractivity contribution in [3.05, 3.63) is 41.2 Å². The molecule has 1 aromatic carbocycles. The van der Waals surface area contributed by atoms with Crippen molar-refractivity contribution in [2.24, 2.45) is 5.92 Å². The topological polar surface area (TPSA) is 72.7 Å². The summed E-state index contributed by atoms with van der Waals surface area (Å²) in [5.41, 5.74) is 3.17. The maximum Gasteiger partial charge on any atom is 0.225 e. The van der Waals surface area contributed by atoms with Crippen LogP contribution >= 0.6 is 0 Å². The highest BCUT2D eigenvalue weighted by Gasteiger charge is 2.30. The van der Waals surface area contributed by atoms with Crippen LogP contribution in [0.5, 0.6) is 5.75 Å². The number of methoxy groups -OCH3 is 1. The summed E-state index contributed by atoms with van der Waals surface area (Å²) in [6.45, 7) is 5.35. The molecule has 0 unspecified atom stereocenters. The van der Waals surface area contributed by atoms with E-state index in [0.29, 0.717) is 19.1 Å². The van der Waals surface area contributed by atoms with Crippen LogP contribution in [0.15, 0.2) is 24.3 Å². The predicted octanol–water partition coefficient (Wildman–Crippen LogP) is 2.39. The van der Waals surface area contributed by atoms with Crippen molar-refractivity contribution >= 4 is 5.91 Å². The first-order valence-corrected chi connectivity index (χ1v) is 11.4. The third kappa shape index (κ3) is 4.32. The predicted molar refractivity (Wildman–Crippen MR) is 114 cm³/mol. The standard InChI is InChI=1S/C23H31N5O3/c1-30-19-8-6-17(7-9-19)22-15-28-21(16-31-22)20(24-25-28)14-26-10-12-27(13-11-26)23(29)18-4-2-3-5-18/h6-9,18,22H,2-5,10-16H2,1H3/t22-/m0/s1. The Morgan fingerprint density at radius 2 is 1.87 bits per heavy atom. The Bertz CT molecular complexity index is 898. The van der Waals surface area contributed by atoms with Crippen LogP contribution in [0.1, 0.15) is 48.7 Å². The van der Waals surface area contributed by atoms with Crippen LogP contribution in [-0.4, -0.2) is 64.0 Å². The summed E-state index contributed by atoms with van der Waals surface area (Å²) >= 11 is 0. The average molecular weight is 426 g/mol. The van der Waals surface area contributed by atoms with Crippen molar-refractivity contribution in [2.75, 3.05) is 33.3 Å². The Balaban J connectivity index is 1.16. The smallest absolute Gasteiger partial charge is 0.225 e. The molecule has 1 aromatic heterocycles. The van der Waals surface area contributed by atoms with Gasteiger partial charge in [-0.25, -0.2) is 4.68 Å². The summed E-state index contributed by atoms with van der Waals surface area (Å²) in [7, 11) is 1.67. The van der Waals surface area contributed by atoms with E-state index in [9.17, 15) is 4.79 Å². The first-order valence-electron chi connectivity index (χ1n) is 11.4. The van der Waals surface area contributed by atoms with Gasteiger partial charge in [-0.05, 0) is 30.5 Å². The molecule has 166 valence electrons. The second kappa shape index (κ2) is 8.96. The normalized spacial score (nSPS) is 22.5. The Morgan fingerprint density at radius 1 is 1.13 bits per heavy atom. The zero-order valence-corrected chi connectivity index (χ0v) is 18.2. The molecule has 2 aliphatic heterocycles. The summed E-state index contributed by atoms with van der Waals surface area (Å²) in [4.78, 5) is 17.1. The van der Waals surface area contributed by atoms with Crippen LogP contribution in [0.3, 0.4) is 0 Å². The number of ether oxygens (including phenoxy) is 2. The van der Waals surface area contributed by atoms with Gasteiger partial charge in [-0.2, -0.15) is 0 Å². The Morgan fingerprint density at radius 3 is 2.58 bits per heavy atom. The van der Waals surface area contributed by atoms with Crippen molar-refractivity contribution in [1.82, 2.24) is 24.8 Å². The lowest BCUT2D eigenvalue weighted by Gasteiger charge is -2.35. The highest BCUT2D eigenvalue weighted by molar-refractivity contribution is 5.79. The van der Waals surface area contributed by atoms with Crippen LogP contribution in [0.25, 0.3) is 0 Å². The zero-order valence-electron chi connectivity index (χ0n) is 18.2. The molecule has 3 heterocycles. The van der Waals surface area contributed by atoms with E-state index in [0.717, 1.165) is 68.3 Å². The number of benzene rings is 1. The van der Waals surface area contributed by atoms with Crippen molar-refractivity contribution in [3.63, 3.8) is 0 Å². The number of amides is 1. The lowest BCUT2D eigenvalue weighted by molar-refractivity contribution is -0.137. The maximum atomic E-state index is 12.7. The highest BCUT2D eigenvalue weighted by atomic mass is 16.5. The summed E-state index contributed by atoms with van der Waals surface area (Å²) in [5, 5.41) is 8.85. The van der Waals surface area contributed by atoms with Gasteiger partial charge in [0.1, 0.15) is 17.5 Å². The first kappa shape index (κ1) is 20.5. The Kier molecular flexibility index (Phi) is 5.91. The van der Waals surface area contributed by atoms with Gasteiger partial charge in [0, 0.05) is 38.6 Å². The third-order valence-electron chi connectivity index (χ3n) is 6.93. The van der Waals surface area contributed by atoms with Gasteiger partial charge >= 0.3 is 0 Å². The van der Waals surface area contributed by atoms with Gasteiger partial charge in [0.15, 0.2) is 0 Å². The molecule has 1 aliphatic carbocycles. The molecule has 1 saturated carbocycles. The maximum absolute atomic E-state index is 12.7. The summed E-state index contributed by atoms with van der Waals surface area (Å²) in [6.07, 6.45) is 4.52. The second-order valence-corrected chi connectivity index (χ2v) is 8.82. The van der Waals surface area contributed by atoms with Gasteiger partial charge in [-0.3, -0.25) is 9.69 Å². The van der Waals surface area contributed by atoms with Crippen LogP contribution in [0.2, 0.25) is 0 Å². The van der Waals surface area contributed by atoms with E-state index in [1.54, 1.807) is 7.11 Å². The lowest BCUT2D eigenvalue weighted by Crippen LogP contribution is -2.49. The molecule has 0 spiro atoms. The lowest BCUT2D eigenvalue weighted by atomic mass is 10.1. The van der Waals surface area contributed by atoms with Gasteiger partial charge in [0.05, 0.1) is 26.0 Å². The molecule has 8 heteroatoms. The van der Waals surface area contributed by atoms with Gasteiger partial charge in [-0.15, -0.1) is 5.10 Å².